The highest BCUT2D eigenvalue weighted by molar-refractivity contribution is 14.1. The second-order valence-corrected chi connectivity index (χ2v) is 17.8. The smallest absolute Gasteiger partial charge is 0.282 e. The Morgan fingerprint density at radius 2 is 1.17 bits per heavy atom. The summed E-state index contributed by atoms with van der Waals surface area (Å²) in [6.07, 6.45) is 6.67. The number of halogens is 2. The number of rotatable bonds is 10. The molecule has 5 heterocycles. The van der Waals surface area contributed by atoms with Crippen LogP contribution in [0.2, 0.25) is 0 Å². The summed E-state index contributed by atoms with van der Waals surface area (Å²) in [5, 5.41) is 4.37. The van der Waals surface area contributed by atoms with Crippen molar-refractivity contribution >= 4 is 125 Å². The molecular weight excluding hydrogens is 1000 g/mol. The van der Waals surface area contributed by atoms with Crippen molar-refractivity contribution in [1.82, 2.24) is 25.7 Å². The number of benzene rings is 3. The van der Waals surface area contributed by atoms with Gasteiger partial charge in [0.1, 0.15) is 11.1 Å². The van der Waals surface area contributed by atoms with Crippen LogP contribution in [0.25, 0.3) is 12.2 Å². The molecule has 58 heavy (non-hydrogen) atoms. The first-order chi connectivity index (χ1) is 28.1. The van der Waals surface area contributed by atoms with E-state index in [4.69, 9.17) is 0 Å². The molecule has 298 valence electrons. The first-order valence-corrected chi connectivity index (χ1v) is 22.3. The summed E-state index contributed by atoms with van der Waals surface area (Å²) in [4.78, 5) is 67.5. The van der Waals surface area contributed by atoms with Gasteiger partial charge in [-0.25, -0.2) is 20.0 Å². The quantitative estimate of drug-likeness (QED) is 0.0904. The van der Waals surface area contributed by atoms with E-state index in [0.29, 0.717) is 11.4 Å². The largest absolute Gasteiger partial charge is 0.349 e. The molecule has 4 amide bonds. The number of hydrogen-bond acceptors (Lipinski definition) is 11. The maximum Gasteiger partial charge on any atom is 0.282 e. The van der Waals surface area contributed by atoms with Crippen LogP contribution in [0.1, 0.15) is 29.2 Å². The summed E-state index contributed by atoms with van der Waals surface area (Å²) >= 11 is 7.36. The van der Waals surface area contributed by atoms with Crippen LogP contribution < -0.4 is 30.7 Å². The van der Waals surface area contributed by atoms with Gasteiger partial charge in [0, 0.05) is 65.3 Å². The van der Waals surface area contributed by atoms with Crippen molar-refractivity contribution in [3.8, 4) is 0 Å². The molecule has 3 aliphatic rings. The monoisotopic (exact) mass is 1040 g/mol. The van der Waals surface area contributed by atoms with Crippen LogP contribution in [0.5, 0.6) is 0 Å². The highest BCUT2D eigenvalue weighted by Crippen LogP contribution is 2.29. The number of hydrazine groups is 2. The number of nitrogens with zero attached hydrogens (tertiary/aromatic N) is 7. The van der Waals surface area contributed by atoms with E-state index in [1.165, 1.54) is 38.3 Å². The fourth-order valence-corrected chi connectivity index (χ4v) is 8.97. The number of nitrogens with one attached hydrogen (secondary N) is 2. The van der Waals surface area contributed by atoms with Gasteiger partial charge in [-0.05, 0) is 125 Å². The number of anilines is 4. The summed E-state index contributed by atoms with van der Waals surface area (Å²) in [5.74, 6) is -1.51. The third kappa shape index (κ3) is 9.76. The Labute approximate surface area is 371 Å². The van der Waals surface area contributed by atoms with Gasteiger partial charge in [-0.3, -0.25) is 34.9 Å². The first-order valence-electron chi connectivity index (χ1n) is 18.5. The van der Waals surface area contributed by atoms with Crippen molar-refractivity contribution in [3.63, 3.8) is 0 Å². The number of piperazine rings is 1. The lowest BCUT2D eigenvalue weighted by molar-refractivity contribution is -0.118. The van der Waals surface area contributed by atoms with Crippen molar-refractivity contribution in [1.29, 1.82) is 0 Å². The van der Waals surface area contributed by atoms with E-state index >= 15 is 0 Å². The fraction of sp³-hybridized carbons (Fsp3) is 0.220. The molecule has 3 fully saturated rings. The Balaban J connectivity index is 0.000000184. The van der Waals surface area contributed by atoms with Gasteiger partial charge in [-0.15, -0.1) is 0 Å². The first kappa shape index (κ1) is 41.5. The molecule has 8 rings (SSSR count). The van der Waals surface area contributed by atoms with Gasteiger partial charge in [-0.1, -0.05) is 53.0 Å². The average molecular weight is 1040 g/mol. The van der Waals surface area contributed by atoms with Gasteiger partial charge in [0.25, 0.3) is 23.6 Å². The zero-order valence-corrected chi connectivity index (χ0v) is 37.5. The third-order valence-corrected chi connectivity index (χ3v) is 12.9. The maximum atomic E-state index is 12.8. The topological polar surface area (TPSA) is 134 Å². The molecule has 3 aliphatic heterocycles. The summed E-state index contributed by atoms with van der Waals surface area (Å²) < 4.78 is 2.12. The predicted octanol–water partition coefficient (Wildman–Crippen LogP) is 6.59. The van der Waals surface area contributed by atoms with Crippen molar-refractivity contribution < 1.29 is 19.2 Å². The lowest BCUT2D eigenvalue weighted by Crippen LogP contribution is -2.45. The Bertz CT molecular complexity index is 2340. The highest BCUT2D eigenvalue weighted by Gasteiger charge is 2.36. The molecule has 0 bridgehead atoms. The standard InChI is InChI=1S/C24H22IN5O2S.C17H17IN4O2S/c25-18-6-8-19(9-7-18)30-23(32)21(22(31)27-30)14-20-15-26-24(33-20)29-12-10-28(11-13-29)16-17-4-2-1-3-5-17;1-3-21(4-2)17-19-10-13(25-17)9-14-15(23)20-22(16(14)24)12-7-5-11(18)6-8-12/h1-9,14-15H,10-13,16H2,(H,27,31);5-10H,3-4H2,1-2H3,(H,20,23). The number of carbonyl (C=O) groups excluding carboxylic acids is 4. The summed E-state index contributed by atoms with van der Waals surface area (Å²) in [6, 6.07) is 25.3. The molecule has 17 heteroatoms. The Morgan fingerprint density at radius 1 is 0.672 bits per heavy atom. The van der Waals surface area contributed by atoms with Gasteiger partial charge in [0.15, 0.2) is 10.3 Å². The van der Waals surface area contributed by atoms with E-state index in [-0.39, 0.29) is 23.0 Å². The Hall–Kier alpha value is -4.70. The second-order valence-electron chi connectivity index (χ2n) is 13.2. The van der Waals surface area contributed by atoms with Gasteiger partial charge >= 0.3 is 0 Å². The number of thiazole rings is 2. The van der Waals surface area contributed by atoms with Gasteiger partial charge < -0.3 is 9.80 Å². The van der Waals surface area contributed by atoms with Gasteiger partial charge in [-0.2, -0.15) is 0 Å². The molecule has 0 atom stereocenters. The van der Waals surface area contributed by atoms with Crippen molar-refractivity contribution in [2.75, 3.05) is 59.1 Å². The van der Waals surface area contributed by atoms with E-state index in [1.54, 1.807) is 36.7 Å². The molecule has 2 N–H and O–H groups in total. The molecule has 0 unspecified atom stereocenters. The van der Waals surface area contributed by atoms with Crippen molar-refractivity contribution in [2.24, 2.45) is 0 Å². The molecule has 0 spiro atoms. The molecule has 3 aromatic carbocycles. The maximum absolute atomic E-state index is 12.8. The Morgan fingerprint density at radius 3 is 1.69 bits per heavy atom. The van der Waals surface area contributed by atoms with Crippen LogP contribution in [0.3, 0.4) is 0 Å². The minimum atomic E-state index is -0.402. The van der Waals surface area contributed by atoms with Crippen LogP contribution in [-0.4, -0.2) is 77.8 Å². The normalized spacial score (nSPS) is 17.2. The van der Waals surface area contributed by atoms with Crippen LogP contribution in [0.15, 0.2) is 102 Å². The summed E-state index contributed by atoms with van der Waals surface area (Å²) in [6.45, 7) is 10.5. The van der Waals surface area contributed by atoms with Gasteiger partial charge in [0.2, 0.25) is 0 Å². The molecule has 0 aliphatic carbocycles. The SMILES string of the molecule is CCN(CC)c1ncc(C=C2C(=O)NN(c3ccc(I)cc3)C2=O)s1.O=C1NN(c2ccc(I)cc2)C(=O)C1=Cc1cnc(N2CCN(Cc3ccccc3)CC2)s1. The van der Waals surface area contributed by atoms with Crippen LogP contribution >= 0.6 is 67.9 Å². The molecule has 13 nitrogen and oxygen atoms in total. The Kier molecular flexibility index (Phi) is 13.5. The third-order valence-electron chi connectivity index (χ3n) is 9.47. The zero-order valence-electron chi connectivity index (χ0n) is 31.6. The number of hydrogen-bond donors (Lipinski definition) is 2. The van der Waals surface area contributed by atoms with Crippen LogP contribution in [0.4, 0.5) is 21.6 Å². The van der Waals surface area contributed by atoms with E-state index in [1.807, 2.05) is 42.5 Å². The van der Waals surface area contributed by atoms with E-state index < -0.39 is 11.8 Å². The van der Waals surface area contributed by atoms with Crippen LogP contribution in [-0.2, 0) is 25.7 Å². The fourth-order valence-electron chi connectivity index (χ4n) is 6.36. The number of amides is 4. The average Bonchev–Trinajstić information content (AvgIpc) is 4.02. The van der Waals surface area contributed by atoms with E-state index in [2.05, 4.69) is 119 Å². The molecule has 0 saturated carbocycles. The molecule has 5 aromatic rings. The summed E-state index contributed by atoms with van der Waals surface area (Å²) in [5.41, 5.74) is 8.09. The van der Waals surface area contributed by atoms with E-state index in [0.717, 1.165) is 73.0 Å². The number of carbonyl (C=O) groups is 4. The molecule has 2 aromatic heterocycles. The molecule has 0 radical (unpaired) electrons. The summed E-state index contributed by atoms with van der Waals surface area (Å²) in [7, 11) is 0. The van der Waals surface area contributed by atoms with E-state index in [9.17, 15) is 19.2 Å². The van der Waals surface area contributed by atoms with Gasteiger partial charge in [0.05, 0.1) is 21.1 Å². The van der Waals surface area contributed by atoms with Crippen molar-refractivity contribution in [2.45, 2.75) is 20.4 Å². The zero-order chi connectivity index (χ0) is 40.8. The second kappa shape index (κ2) is 18.9. The lowest BCUT2D eigenvalue weighted by atomic mass is 10.2. The number of aromatic nitrogens is 2. The minimum absolute atomic E-state index is 0.119. The van der Waals surface area contributed by atoms with Crippen LogP contribution in [0, 0.1) is 7.14 Å². The lowest BCUT2D eigenvalue weighted by Gasteiger charge is -2.34. The minimum Gasteiger partial charge on any atom is -0.349 e. The molecular formula is C41H39I2N9O4S2. The highest BCUT2D eigenvalue weighted by atomic mass is 127. The molecule has 3 saturated heterocycles. The predicted molar refractivity (Wildman–Crippen MR) is 247 cm³/mol. The van der Waals surface area contributed by atoms with Crippen molar-refractivity contribution in [3.05, 3.63) is 125 Å².